The van der Waals surface area contributed by atoms with Gasteiger partial charge < -0.3 is 9.47 Å². The molecule has 1 aliphatic heterocycles. The molecule has 2 aromatic carbocycles. The molecule has 1 aliphatic carbocycles. The first-order chi connectivity index (χ1) is 14.9. The number of hydrogen-bond donors (Lipinski definition) is 1. The highest BCUT2D eigenvalue weighted by Crippen LogP contribution is 2.34. The fourth-order valence-corrected chi connectivity index (χ4v) is 4.87. The number of sulfonamides is 1. The zero-order chi connectivity index (χ0) is 21.8. The standard InChI is InChI=1S/C21H22FN3O5S/c22-15-5-7-17(8-6-15)25(14-21(26)24-23-16-3-1-2-4-16)31(27,28)18-9-10-19-20(13-18)30-12-11-29-19/h5-10,13H,1-4,11-12,14H2,(H,24,26). The predicted molar refractivity (Wildman–Crippen MR) is 112 cm³/mol. The van der Waals surface area contributed by atoms with Crippen LogP contribution in [-0.2, 0) is 14.8 Å². The second-order valence-electron chi connectivity index (χ2n) is 7.21. The maximum Gasteiger partial charge on any atom is 0.264 e. The van der Waals surface area contributed by atoms with Gasteiger partial charge in [0.05, 0.1) is 10.6 Å². The first kappa shape index (κ1) is 21.1. The van der Waals surface area contributed by atoms with Crippen LogP contribution in [0.5, 0.6) is 11.5 Å². The van der Waals surface area contributed by atoms with E-state index in [1.807, 2.05) is 0 Å². The first-order valence-electron chi connectivity index (χ1n) is 9.96. The number of nitrogens with one attached hydrogen (secondary N) is 1. The fraction of sp³-hybridized carbons (Fsp3) is 0.333. The number of hydrogen-bond acceptors (Lipinski definition) is 6. The summed E-state index contributed by atoms with van der Waals surface area (Å²) in [5.41, 5.74) is 3.47. The second-order valence-corrected chi connectivity index (χ2v) is 9.08. The molecule has 2 aromatic rings. The summed E-state index contributed by atoms with van der Waals surface area (Å²) in [4.78, 5) is 12.4. The summed E-state index contributed by atoms with van der Waals surface area (Å²) in [5, 5.41) is 4.10. The van der Waals surface area contributed by atoms with Gasteiger partial charge >= 0.3 is 0 Å². The Hall–Kier alpha value is -3.14. The van der Waals surface area contributed by atoms with E-state index in [1.165, 1.54) is 30.3 Å². The molecule has 1 N–H and O–H groups in total. The Labute approximate surface area is 179 Å². The van der Waals surface area contributed by atoms with E-state index < -0.39 is 28.3 Å². The summed E-state index contributed by atoms with van der Waals surface area (Å²) in [7, 11) is -4.17. The number of hydrazone groups is 1. The van der Waals surface area contributed by atoms with Gasteiger partial charge in [-0.2, -0.15) is 5.10 Å². The molecule has 4 rings (SSSR count). The minimum Gasteiger partial charge on any atom is -0.486 e. The van der Waals surface area contributed by atoms with Crippen molar-refractivity contribution in [3.63, 3.8) is 0 Å². The van der Waals surface area contributed by atoms with E-state index >= 15 is 0 Å². The number of benzene rings is 2. The zero-order valence-electron chi connectivity index (χ0n) is 16.7. The van der Waals surface area contributed by atoms with Crippen molar-refractivity contribution in [1.82, 2.24) is 5.43 Å². The lowest BCUT2D eigenvalue weighted by molar-refractivity contribution is -0.119. The average Bonchev–Trinajstić information content (AvgIpc) is 3.30. The van der Waals surface area contributed by atoms with Crippen molar-refractivity contribution in [2.75, 3.05) is 24.1 Å². The lowest BCUT2D eigenvalue weighted by atomic mass is 10.3. The molecule has 8 nitrogen and oxygen atoms in total. The van der Waals surface area contributed by atoms with E-state index in [0.29, 0.717) is 24.7 Å². The maximum atomic E-state index is 13.4. The fourth-order valence-electron chi connectivity index (χ4n) is 3.44. The van der Waals surface area contributed by atoms with Gasteiger partial charge in [-0.1, -0.05) is 0 Å². The van der Waals surface area contributed by atoms with Gasteiger partial charge in [-0.05, 0) is 62.1 Å². The third-order valence-electron chi connectivity index (χ3n) is 5.02. The Morgan fingerprint density at radius 2 is 1.71 bits per heavy atom. The van der Waals surface area contributed by atoms with E-state index in [2.05, 4.69) is 10.5 Å². The maximum absolute atomic E-state index is 13.4. The van der Waals surface area contributed by atoms with Crippen molar-refractivity contribution in [1.29, 1.82) is 0 Å². The van der Waals surface area contributed by atoms with Crippen LogP contribution in [0.25, 0.3) is 0 Å². The molecule has 1 amide bonds. The smallest absolute Gasteiger partial charge is 0.264 e. The van der Waals surface area contributed by atoms with Crippen LogP contribution in [0.2, 0.25) is 0 Å². The second kappa shape index (κ2) is 8.93. The number of halogens is 1. The van der Waals surface area contributed by atoms with E-state index in [1.54, 1.807) is 0 Å². The third-order valence-corrected chi connectivity index (χ3v) is 6.79. The normalized spacial score (nSPS) is 15.5. The molecule has 0 radical (unpaired) electrons. The Balaban J connectivity index is 1.63. The first-order valence-corrected chi connectivity index (χ1v) is 11.4. The molecule has 31 heavy (non-hydrogen) atoms. The average molecular weight is 447 g/mol. The number of nitrogens with zero attached hydrogens (tertiary/aromatic N) is 2. The summed E-state index contributed by atoms with van der Waals surface area (Å²) in [6, 6.07) is 9.14. The van der Waals surface area contributed by atoms with Crippen molar-refractivity contribution in [2.24, 2.45) is 5.10 Å². The summed E-state index contributed by atoms with van der Waals surface area (Å²) in [5.74, 6) is -0.352. The molecule has 1 fully saturated rings. The molecule has 1 saturated carbocycles. The molecule has 0 atom stereocenters. The van der Waals surface area contributed by atoms with Gasteiger partial charge in [-0.3, -0.25) is 9.10 Å². The molecular weight excluding hydrogens is 425 g/mol. The van der Waals surface area contributed by atoms with E-state index in [0.717, 1.165) is 47.8 Å². The summed E-state index contributed by atoms with van der Waals surface area (Å²) in [6.07, 6.45) is 3.68. The highest BCUT2D eigenvalue weighted by molar-refractivity contribution is 7.92. The molecular formula is C21H22FN3O5S. The highest BCUT2D eigenvalue weighted by Gasteiger charge is 2.29. The van der Waals surface area contributed by atoms with Gasteiger partial charge in [0.1, 0.15) is 25.6 Å². The lowest BCUT2D eigenvalue weighted by Gasteiger charge is -2.25. The molecule has 2 aliphatic rings. The van der Waals surface area contributed by atoms with Crippen LogP contribution in [0.3, 0.4) is 0 Å². The van der Waals surface area contributed by atoms with Gasteiger partial charge in [-0.15, -0.1) is 0 Å². The minimum absolute atomic E-state index is 0.0732. The van der Waals surface area contributed by atoms with Crippen LogP contribution in [-0.4, -0.2) is 39.8 Å². The largest absolute Gasteiger partial charge is 0.486 e. The number of anilines is 1. The van der Waals surface area contributed by atoms with Crippen LogP contribution in [0, 0.1) is 5.82 Å². The van der Waals surface area contributed by atoms with Crippen LogP contribution in [0.4, 0.5) is 10.1 Å². The number of amides is 1. The number of rotatable bonds is 6. The van der Waals surface area contributed by atoms with Crippen molar-refractivity contribution >= 4 is 27.3 Å². The predicted octanol–water partition coefficient (Wildman–Crippen LogP) is 2.84. The summed E-state index contributed by atoms with van der Waals surface area (Å²) in [6.45, 7) is 0.170. The number of ether oxygens (including phenoxy) is 2. The van der Waals surface area contributed by atoms with E-state index in [9.17, 15) is 17.6 Å². The molecule has 0 bridgehead atoms. The molecule has 164 valence electrons. The summed E-state index contributed by atoms with van der Waals surface area (Å²) >= 11 is 0. The Bertz CT molecular complexity index is 1090. The van der Waals surface area contributed by atoms with Crippen LogP contribution in [0.15, 0.2) is 52.5 Å². The highest BCUT2D eigenvalue weighted by atomic mass is 32.2. The van der Waals surface area contributed by atoms with Crippen LogP contribution < -0.4 is 19.2 Å². The van der Waals surface area contributed by atoms with Crippen molar-refractivity contribution in [3.05, 3.63) is 48.3 Å². The molecule has 10 heteroatoms. The van der Waals surface area contributed by atoms with E-state index in [-0.39, 0.29) is 10.6 Å². The SMILES string of the molecule is O=C(CN(c1ccc(F)cc1)S(=O)(=O)c1ccc2c(c1)OCCO2)NN=C1CCCC1. The van der Waals surface area contributed by atoms with Gasteiger partial charge in [0.2, 0.25) is 0 Å². The van der Waals surface area contributed by atoms with Gasteiger partial charge in [0.15, 0.2) is 11.5 Å². The Morgan fingerprint density at radius 3 is 2.42 bits per heavy atom. The summed E-state index contributed by atoms with van der Waals surface area (Å²) < 4.78 is 52.1. The number of carbonyl (C=O) groups is 1. The molecule has 0 unspecified atom stereocenters. The van der Waals surface area contributed by atoms with Crippen molar-refractivity contribution in [2.45, 2.75) is 30.6 Å². The van der Waals surface area contributed by atoms with Crippen molar-refractivity contribution < 1.29 is 27.1 Å². The van der Waals surface area contributed by atoms with Gasteiger partial charge in [0, 0.05) is 11.8 Å². The van der Waals surface area contributed by atoms with Crippen LogP contribution in [0.1, 0.15) is 25.7 Å². The minimum atomic E-state index is -4.17. The number of fused-ring (bicyclic) bond motifs is 1. The molecule has 0 aromatic heterocycles. The van der Waals surface area contributed by atoms with Crippen molar-refractivity contribution in [3.8, 4) is 11.5 Å². The number of carbonyl (C=O) groups excluding carboxylic acids is 1. The third kappa shape index (κ3) is 4.79. The van der Waals surface area contributed by atoms with E-state index in [4.69, 9.17) is 9.47 Å². The monoisotopic (exact) mass is 447 g/mol. The Morgan fingerprint density at radius 1 is 1.03 bits per heavy atom. The zero-order valence-corrected chi connectivity index (χ0v) is 17.5. The quantitative estimate of drug-likeness (QED) is 0.687. The molecule has 0 spiro atoms. The Kier molecular flexibility index (Phi) is 6.08. The molecule has 1 heterocycles. The van der Waals surface area contributed by atoms with Gasteiger partial charge in [-0.25, -0.2) is 18.2 Å². The topological polar surface area (TPSA) is 97.3 Å². The van der Waals surface area contributed by atoms with Crippen LogP contribution >= 0.6 is 0 Å². The molecule has 0 saturated heterocycles. The van der Waals surface area contributed by atoms with Gasteiger partial charge in [0.25, 0.3) is 15.9 Å². The lowest BCUT2D eigenvalue weighted by Crippen LogP contribution is -2.39.